The van der Waals surface area contributed by atoms with Gasteiger partial charge in [-0.2, -0.15) is 0 Å². The van der Waals surface area contributed by atoms with Crippen LogP contribution in [0.3, 0.4) is 0 Å². The van der Waals surface area contributed by atoms with E-state index >= 15 is 0 Å². The van der Waals surface area contributed by atoms with Crippen molar-refractivity contribution < 1.29 is 13.9 Å². The van der Waals surface area contributed by atoms with Crippen molar-refractivity contribution in [1.82, 2.24) is 10.3 Å². The van der Waals surface area contributed by atoms with Crippen LogP contribution in [0.1, 0.15) is 16.8 Å². The molecule has 0 saturated heterocycles. The second-order valence-electron chi connectivity index (χ2n) is 4.77. The number of para-hydroxylation sites is 1. The molecule has 1 amide bonds. The van der Waals surface area contributed by atoms with Gasteiger partial charge in [0.25, 0.3) is 0 Å². The molecule has 0 spiro atoms. The van der Waals surface area contributed by atoms with E-state index in [-0.39, 0.29) is 24.3 Å². The first-order valence-electron chi connectivity index (χ1n) is 6.83. The molecule has 2 rings (SSSR count). The third-order valence-corrected chi connectivity index (χ3v) is 3.63. The van der Waals surface area contributed by atoms with E-state index in [0.29, 0.717) is 0 Å². The van der Waals surface area contributed by atoms with E-state index in [9.17, 15) is 9.18 Å². The van der Waals surface area contributed by atoms with E-state index in [1.54, 1.807) is 37.4 Å². The minimum Gasteiger partial charge on any atom is -0.488 e. The molecule has 0 unspecified atom stereocenters. The lowest BCUT2D eigenvalue weighted by Crippen LogP contribution is -2.35. The molecule has 22 heavy (non-hydrogen) atoms. The first-order chi connectivity index (χ1) is 10.5. The fourth-order valence-electron chi connectivity index (χ4n) is 1.72. The number of halogens is 1. The van der Waals surface area contributed by atoms with Crippen LogP contribution >= 0.6 is 11.3 Å². The predicted octanol–water partition coefficient (Wildman–Crippen LogP) is 3.19. The Labute approximate surface area is 132 Å². The van der Waals surface area contributed by atoms with Crippen LogP contribution in [0.15, 0.2) is 36.5 Å². The number of carbonyl (C=O) groups is 1. The zero-order valence-electron chi connectivity index (χ0n) is 12.4. The van der Waals surface area contributed by atoms with Crippen LogP contribution in [0, 0.1) is 12.7 Å². The third kappa shape index (κ3) is 4.96. The van der Waals surface area contributed by atoms with Gasteiger partial charge >= 0.3 is 0 Å². The number of hydrogen-bond donors (Lipinski definition) is 1. The van der Waals surface area contributed by atoms with Gasteiger partial charge in [-0.1, -0.05) is 12.1 Å². The first kappa shape index (κ1) is 16.2. The number of thiazole rings is 1. The second kappa shape index (κ2) is 7.70. The van der Waals surface area contributed by atoms with Crippen LogP contribution in [0.5, 0.6) is 5.75 Å². The number of aryl methyl sites for hydroxylation is 1. The fraction of sp³-hybridized carbons (Fsp3) is 0.250. The summed E-state index contributed by atoms with van der Waals surface area (Å²) in [6.45, 7) is 3.90. The van der Waals surface area contributed by atoms with Crippen molar-refractivity contribution in [2.75, 3.05) is 6.61 Å². The number of aromatic nitrogens is 1. The summed E-state index contributed by atoms with van der Waals surface area (Å²) in [5, 5.41) is 3.71. The molecule has 0 saturated carbocycles. The van der Waals surface area contributed by atoms with Gasteiger partial charge in [-0.3, -0.25) is 4.79 Å². The van der Waals surface area contributed by atoms with E-state index < -0.39 is 5.82 Å². The molecule has 0 aliphatic rings. The highest BCUT2D eigenvalue weighted by atomic mass is 32.1. The van der Waals surface area contributed by atoms with Crippen molar-refractivity contribution in [3.63, 3.8) is 0 Å². The summed E-state index contributed by atoms with van der Waals surface area (Å²) >= 11 is 1.51. The van der Waals surface area contributed by atoms with Gasteiger partial charge in [-0.05, 0) is 32.1 Å². The molecule has 0 aliphatic heterocycles. The van der Waals surface area contributed by atoms with Crippen LogP contribution < -0.4 is 10.1 Å². The highest BCUT2D eigenvalue weighted by Crippen LogP contribution is 2.15. The minimum atomic E-state index is -0.415. The topological polar surface area (TPSA) is 51.2 Å². The van der Waals surface area contributed by atoms with Gasteiger partial charge in [0.2, 0.25) is 5.91 Å². The average Bonchev–Trinajstić information content (AvgIpc) is 2.90. The lowest BCUT2D eigenvalue weighted by molar-refractivity contribution is -0.117. The van der Waals surface area contributed by atoms with Gasteiger partial charge in [0.1, 0.15) is 6.61 Å². The molecule has 0 radical (unpaired) electrons. The largest absolute Gasteiger partial charge is 0.488 e. The molecule has 6 heteroatoms. The summed E-state index contributed by atoms with van der Waals surface area (Å²) in [5.74, 6) is -0.462. The Kier molecular flexibility index (Phi) is 5.66. The third-order valence-electron chi connectivity index (χ3n) is 2.75. The monoisotopic (exact) mass is 320 g/mol. The Bertz CT molecular complexity index is 670. The molecule has 0 fully saturated rings. The average molecular weight is 320 g/mol. The van der Waals surface area contributed by atoms with Crippen molar-refractivity contribution in [1.29, 1.82) is 0 Å². The summed E-state index contributed by atoms with van der Waals surface area (Å²) in [7, 11) is 0. The summed E-state index contributed by atoms with van der Waals surface area (Å²) in [4.78, 5) is 16.8. The quantitative estimate of drug-likeness (QED) is 0.832. The Morgan fingerprint density at radius 2 is 2.27 bits per heavy atom. The molecule has 4 nitrogen and oxygen atoms in total. The molecule has 116 valence electrons. The predicted molar refractivity (Wildman–Crippen MR) is 85.4 cm³/mol. The van der Waals surface area contributed by atoms with Crippen molar-refractivity contribution in [3.8, 4) is 5.75 Å². The molecular weight excluding hydrogens is 303 g/mol. The Hall–Kier alpha value is -2.21. The Morgan fingerprint density at radius 3 is 2.95 bits per heavy atom. The van der Waals surface area contributed by atoms with Crippen LogP contribution in [0.25, 0.3) is 6.08 Å². The zero-order chi connectivity index (χ0) is 15.9. The molecule has 1 atom stereocenters. The maximum absolute atomic E-state index is 13.4. The Balaban J connectivity index is 1.79. The maximum atomic E-state index is 13.4. The van der Waals surface area contributed by atoms with Crippen LogP contribution in [-0.4, -0.2) is 23.5 Å². The first-order valence-corrected chi connectivity index (χ1v) is 7.64. The second-order valence-corrected chi connectivity index (χ2v) is 6.03. The van der Waals surface area contributed by atoms with E-state index in [0.717, 1.165) is 9.88 Å². The Morgan fingerprint density at radius 1 is 1.50 bits per heavy atom. The number of benzene rings is 1. The molecule has 2 aromatic rings. The van der Waals surface area contributed by atoms with Crippen molar-refractivity contribution in [2.24, 2.45) is 0 Å². The van der Waals surface area contributed by atoms with Crippen molar-refractivity contribution >= 4 is 23.3 Å². The van der Waals surface area contributed by atoms with Gasteiger partial charge in [0.05, 0.1) is 11.0 Å². The van der Waals surface area contributed by atoms with Gasteiger partial charge in [-0.15, -0.1) is 11.3 Å². The number of amides is 1. The SMILES string of the molecule is Cc1ncc(/C=C/C(=O)N[C@H](C)COc2ccccc2F)s1. The summed E-state index contributed by atoms with van der Waals surface area (Å²) < 4.78 is 18.7. The normalized spacial score (nSPS) is 12.3. The molecule has 1 heterocycles. The fourth-order valence-corrected chi connectivity index (χ4v) is 2.41. The summed E-state index contributed by atoms with van der Waals surface area (Å²) in [6, 6.07) is 5.94. The number of nitrogens with one attached hydrogen (secondary N) is 1. The van der Waals surface area contributed by atoms with Gasteiger partial charge in [0.15, 0.2) is 11.6 Å². The summed E-state index contributed by atoms with van der Waals surface area (Å²) in [6.07, 6.45) is 4.88. The molecule has 0 bridgehead atoms. The van der Waals surface area contributed by atoms with Crippen LogP contribution in [0.4, 0.5) is 4.39 Å². The van der Waals surface area contributed by atoms with E-state index in [1.165, 1.54) is 23.5 Å². The molecule has 1 aromatic carbocycles. The highest BCUT2D eigenvalue weighted by molar-refractivity contribution is 7.12. The van der Waals surface area contributed by atoms with Crippen LogP contribution in [-0.2, 0) is 4.79 Å². The number of nitrogens with zero attached hydrogens (tertiary/aromatic N) is 1. The van der Waals surface area contributed by atoms with E-state index in [4.69, 9.17) is 4.74 Å². The van der Waals surface area contributed by atoms with Gasteiger partial charge in [-0.25, -0.2) is 9.37 Å². The van der Waals surface area contributed by atoms with Gasteiger partial charge < -0.3 is 10.1 Å². The van der Waals surface area contributed by atoms with Crippen molar-refractivity contribution in [2.45, 2.75) is 19.9 Å². The molecule has 1 aromatic heterocycles. The van der Waals surface area contributed by atoms with Gasteiger partial charge in [0, 0.05) is 17.2 Å². The highest BCUT2D eigenvalue weighted by Gasteiger charge is 2.08. The number of hydrogen-bond acceptors (Lipinski definition) is 4. The molecular formula is C16H17FN2O2S. The van der Waals surface area contributed by atoms with E-state index in [2.05, 4.69) is 10.3 Å². The standard InChI is InChI=1S/C16H17FN2O2S/c1-11(10-21-15-6-4-3-5-14(15)17)19-16(20)8-7-13-9-18-12(2)22-13/h3-9,11H,10H2,1-2H3,(H,19,20)/b8-7+/t11-/m1/s1. The smallest absolute Gasteiger partial charge is 0.244 e. The lowest BCUT2D eigenvalue weighted by atomic mass is 10.3. The summed E-state index contributed by atoms with van der Waals surface area (Å²) in [5.41, 5.74) is 0. The molecule has 0 aliphatic carbocycles. The lowest BCUT2D eigenvalue weighted by Gasteiger charge is -2.14. The minimum absolute atomic E-state index is 0.180. The number of ether oxygens (including phenoxy) is 1. The van der Waals surface area contributed by atoms with Crippen molar-refractivity contribution in [3.05, 3.63) is 52.2 Å². The number of carbonyl (C=O) groups excluding carboxylic acids is 1. The zero-order valence-corrected chi connectivity index (χ0v) is 13.2. The number of rotatable bonds is 6. The molecule has 1 N–H and O–H groups in total. The maximum Gasteiger partial charge on any atom is 0.244 e. The van der Waals surface area contributed by atoms with Crippen LogP contribution in [0.2, 0.25) is 0 Å². The van der Waals surface area contributed by atoms with E-state index in [1.807, 2.05) is 6.92 Å².